The summed E-state index contributed by atoms with van der Waals surface area (Å²) in [5, 5.41) is 0. The molecular formula is C39H32O5S2. The molecule has 0 saturated heterocycles. The quantitative estimate of drug-likeness (QED) is 0.0407. The molecule has 0 unspecified atom stereocenters. The number of hydrogen-bond acceptors (Lipinski definition) is 7. The van der Waals surface area contributed by atoms with Crippen molar-refractivity contribution in [2.75, 3.05) is 12.4 Å². The van der Waals surface area contributed by atoms with Crippen molar-refractivity contribution in [1.82, 2.24) is 0 Å². The second kappa shape index (κ2) is 17.4. The maximum Gasteiger partial charge on any atom is 0.342 e. The fraction of sp³-hybridized carbons (Fsp3) is 0.128. The van der Waals surface area contributed by atoms with E-state index < -0.39 is 11.9 Å². The van der Waals surface area contributed by atoms with Gasteiger partial charge in [0, 0.05) is 49.9 Å². The Kier molecular flexibility index (Phi) is 12.8. The molecule has 0 N–H and O–H groups in total. The third-order valence-electron chi connectivity index (χ3n) is 6.36. The lowest BCUT2D eigenvalue weighted by Gasteiger charge is -2.13. The molecule has 0 amide bonds. The lowest BCUT2D eigenvalue weighted by Crippen LogP contribution is -2.03. The highest BCUT2D eigenvalue weighted by Crippen LogP contribution is 2.26. The number of hydrogen-bond donors (Lipinski definition) is 0. The van der Waals surface area contributed by atoms with Gasteiger partial charge in [0.2, 0.25) is 0 Å². The Morgan fingerprint density at radius 3 is 1.74 bits per heavy atom. The number of thioether (sulfide) groups is 1. The van der Waals surface area contributed by atoms with Gasteiger partial charge in [-0.05, 0) is 103 Å². The first-order chi connectivity index (χ1) is 22.3. The topological polar surface area (TPSA) is 61.8 Å². The number of carbonyl (C=O) groups is 2. The monoisotopic (exact) mass is 644 g/mol. The average Bonchev–Trinajstić information content (AvgIpc) is 3.08. The van der Waals surface area contributed by atoms with Crippen molar-refractivity contribution in [3.8, 4) is 29.4 Å². The maximum absolute atomic E-state index is 11.2. The molecule has 0 spiro atoms. The summed E-state index contributed by atoms with van der Waals surface area (Å²) in [7, 11) is 0. The highest BCUT2D eigenvalue weighted by atomic mass is 32.2. The van der Waals surface area contributed by atoms with E-state index in [2.05, 4.69) is 36.8 Å². The van der Waals surface area contributed by atoms with Crippen LogP contribution in [-0.4, -0.2) is 24.3 Å². The molecule has 4 aromatic carbocycles. The molecule has 7 heteroatoms. The van der Waals surface area contributed by atoms with Gasteiger partial charge in [0.1, 0.15) is 19.0 Å². The predicted molar refractivity (Wildman–Crippen MR) is 186 cm³/mol. The van der Waals surface area contributed by atoms with Crippen molar-refractivity contribution >= 4 is 35.7 Å². The number of carbonyl (C=O) groups excluding carboxylic acids is 2. The summed E-state index contributed by atoms with van der Waals surface area (Å²) in [5.74, 6) is 13.5. The Balaban J connectivity index is 1.28. The molecule has 0 saturated carbocycles. The lowest BCUT2D eigenvalue weighted by atomic mass is 10.1. The Bertz CT molecular complexity index is 1800. The van der Waals surface area contributed by atoms with Crippen LogP contribution in [0.1, 0.15) is 38.9 Å². The van der Waals surface area contributed by atoms with Crippen molar-refractivity contribution in [3.63, 3.8) is 0 Å². The molecule has 0 aromatic heterocycles. The first kappa shape index (κ1) is 33.8. The van der Waals surface area contributed by atoms with Gasteiger partial charge in [-0.25, -0.2) is 9.59 Å². The summed E-state index contributed by atoms with van der Waals surface area (Å²) in [6, 6.07) is 27.6. The molecule has 0 radical (unpaired) electrons. The van der Waals surface area contributed by atoms with Gasteiger partial charge < -0.3 is 13.7 Å². The van der Waals surface area contributed by atoms with Gasteiger partial charge in [0.05, 0.1) is 12.0 Å². The van der Waals surface area contributed by atoms with Crippen LogP contribution >= 0.6 is 23.8 Å². The molecule has 0 heterocycles. The summed E-state index contributed by atoms with van der Waals surface area (Å²) in [4.78, 5) is 24.2. The van der Waals surface area contributed by atoms with Crippen LogP contribution in [0.25, 0.3) is 0 Å². The summed E-state index contributed by atoms with van der Waals surface area (Å²) in [6.07, 6.45) is 2.29. The molecule has 46 heavy (non-hydrogen) atoms. The Morgan fingerprint density at radius 2 is 1.20 bits per heavy atom. The minimum absolute atomic E-state index is 0.342. The zero-order valence-electron chi connectivity index (χ0n) is 25.6. The molecule has 0 bridgehead atoms. The van der Waals surface area contributed by atoms with E-state index in [1.54, 1.807) is 11.8 Å². The molecule has 0 aliphatic rings. The average molecular weight is 645 g/mol. The molecule has 0 aliphatic heterocycles. The fourth-order valence-corrected chi connectivity index (χ4v) is 5.32. The molecule has 5 nitrogen and oxygen atoms in total. The van der Waals surface area contributed by atoms with Gasteiger partial charge in [-0.3, -0.25) is 0 Å². The maximum atomic E-state index is 11.2. The van der Waals surface area contributed by atoms with E-state index in [1.165, 1.54) is 6.08 Å². The predicted octanol–water partition coefficient (Wildman–Crippen LogP) is 8.24. The highest BCUT2D eigenvalue weighted by molar-refractivity contribution is 7.99. The largest absolute Gasteiger partial charge is 0.488 e. The fourth-order valence-electron chi connectivity index (χ4n) is 4.09. The van der Waals surface area contributed by atoms with Crippen LogP contribution in [0, 0.1) is 37.5 Å². The summed E-state index contributed by atoms with van der Waals surface area (Å²) in [5.41, 5.74) is 6.71. The Labute approximate surface area is 279 Å². The van der Waals surface area contributed by atoms with Gasteiger partial charge in [-0.1, -0.05) is 49.0 Å². The molecule has 0 aliphatic carbocycles. The van der Waals surface area contributed by atoms with E-state index in [0.717, 1.165) is 72.6 Å². The van der Waals surface area contributed by atoms with Gasteiger partial charge >= 0.3 is 11.9 Å². The van der Waals surface area contributed by atoms with E-state index in [9.17, 15) is 9.59 Å². The first-order valence-corrected chi connectivity index (χ1v) is 16.1. The first-order valence-electron chi connectivity index (χ1n) is 14.3. The van der Waals surface area contributed by atoms with Gasteiger partial charge in [-0.15, -0.1) is 11.8 Å². The van der Waals surface area contributed by atoms with Crippen LogP contribution in [0.4, 0.5) is 0 Å². The minimum Gasteiger partial charge on any atom is -0.488 e. The van der Waals surface area contributed by atoms with Crippen LogP contribution in [-0.2, 0) is 25.1 Å². The van der Waals surface area contributed by atoms with E-state index in [-0.39, 0.29) is 0 Å². The van der Waals surface area contributed by atoms with E-state index in [0.29, 0.717) is 19.0 Å². The van der Waals surface area contributed by atoms with Gasteiger partial charge in [0.15, 0.2) is 0 Å². The Hall–Kier alpha value is -5.08. The third-order valence-corrected chi connectivity index (χ3v) is 8.05. The summed E-state index contributed by atoms with van der Waals surface area (Å²) < 4.78 is 16.2. The van der Waals surface area contributed by atoms with Crippen LogP contribution in [0.2, 0.25) is 0 Å². The van der Waals surface area contributed by atoms with E-state index in [1.807, 2.05) is 98.8 Å². The number of aryl methyl sites for hydroxylation is 2. The van der Waals surface area contributed by atoms with Crippen LogP contribution < -0.4 is 4.74 Å². The van der Waals surface area contributed by atoms with Gasteiger partial charge in [0.25, 0.3) is 0 Å². The Morgan fingerprint density at radius 1 is 0.696 bits per heavy atom. The summed E-state index contributed by atoms with van der Waals surface area (Å²) in [6.45, 7) is 11.6. The van der Waals surface area contributed by atoms with Crippen molar-refractivity contribution in [2.45, 2.75) is 30.2 Å². The van der Waals surface area contributed by atoms with E-state index in [4.69, 9.17) is 13.7 Å². The normalized spacial score (nSPS) is 9.96. The second-order valence-electron chi connectivity index (χ2n) is 9.88. The number of ether oxygens (including phenoxy) is 2. The van der Waals surface area contributed by atoms with E-state index >= 15 is 0 Å². The lowest BCUT2D eigenvalue weighted by molar-refractivity contribution is -0.137. The highest BCUT2D eigenvalue weighted by Gasteiger charge is 2.07. The van der Waals surface area contributed by atoms with Crippen LogP contribution in [0.3, 0.4) is 0 Å². The standard InChI is InChI=1S/C39H32O5S2/c1-5-37(40)42-23-24-45-35-19-15-32(16-20-35)11-14-34-25-28(3)39(29(4)26-34)43-27-33-12-9-30(10-13-33)7-8-31-17-21-36(22-18-31)46-44-38(41)6-2/h5-6,9-10,12-13,15-22,25-26H,1-2,23-24,27H2,3-4H3. The third kappa shape index (κ3) is 10.8. The zero-order chi connectivity index (χ0) is 32.7. The minimum atomic E-state index is -0.481. The van der Waals surface area contributed by atoms with Crippen LogP contribution in [0.15, 0.2) is 120 Å². The van der Waals surface area contributed by atoms with Crippen LogP contribution in [0.5, 0.6) is 5.75 Å². The smallest absolute Gasteiger partial charge is 0.342 e. The number of rotatable bonds is 11. The molecule has 0 fully saturated rings. The molecule has 230 valence electrons. The molecular weight excluding hydrogens is 613 g/mol. The molecule has 0 atom stereocenters. The molecule has 4 aromatic rings. The summed E-state index contributed by atoms with van der Waals surface area (Å²) >= 11 is 2.61. The van der Waals surface area contributed by atoms with Crippen molar-refractivity contribution in [2.24, 2.45) is 0 Å². The molecule has 4 rings (SSSR count). The zero-order valence-corrected chi connectivity index (χ0v) is 27.3. The van der Waals surface area contributed by atoms with Gasteiger partial charge in [-0.2, -0.15) is 0 Å². The van der Waals surface area contributed by atoms with Crippen molar-refractivity contribution in [1.29, 1.82) is 0 Å². The SMILES string of the molecule is C=CC(=O)OCCSc1ccc(C#Cc2cc(C)c(OCc3ccc(C#Cc4ccc(SOC(=O)C=C)cc4)cc3)c(C)c2)cc1. The second-order valence-corrected chi connectivity index (χ2v) is 11.9. The number of esters is 1. The van der Waals surface area contributed by atoms with Crippen molar-refractivity contribution in [3.05, 3.63) is 149 Å². The number of benzene rings is 4. The van der Waals surface area contributed by atoms with Crippen molar-refractivity contribution < 1.29 is 23.2 Å².